The van der Waals surface area contributed by atoms with Gasteiger partial charge in [0.05, 0.1) is 16.5 Å². The molecule has 2 aromatic rings. The lowest BCUT2D eigenvalue weighted by molar-refractivity contribution is 0.0936. The fraction of sp³-hybridized carbons (Fsp3) is 0.235. The maximum absolute atomic E-state index is 12.6. The van der Waals surface area contributed by atoms with E-state index < -0.39 is 11.9 Å². The molecule has 1 aliphatic carbocycles. The third kappa shape index (κ3) is 3.63. The fourth-order valence-corrected chi connectivity index (χ4v) is 3.99. The van der Waals surface area contributed by atoms with E-state index in [1.807, 2.05) is 18.2 Å². The lowest BCUT2D eigenvalue weighted by atomic mass is 9.88. The molecular weight excluding hydrogens is 340 g/mol. The molecule has 1 aromatic carbocycles. The molecule has 0 fully saturated rings. The highest BCUT2D eigenvalue weighted by molar-refractivity contribution is 7.18. The molecule has 0 radical (unpaired) electrons. The van der Waals surface area contributed by atoms with E-state index in [2.05, 4.69) is 16.7 Å². The number of amides is 4. The zero-order valence-corrected chi connectivity index (χ0v) is 14.2. The molecule has 1 aliphatic rings. The number of anilines is 1. The smallest absolute Gasteiger partial charge is 0.317 e. The summed E-state index contributed by atoms with van der Waals surface area (Å²) in [6.45, 7) is 0. The van der Waals surface area contributed by atoms with E-state index in [9.17, 15) is 14.4 Å². The number of hydrogen-bond donors (Lipinski definition) is 4. The summed E-state index contributed by atoms with van der Waals surface area (Å²) in [5.74, 6) is -1.05. The molecule has 1 heterocycles. The maximum atomic E-state index is 12.6. The molecule has 4 amide bonds. The van der Waals surface area contributed by atoms with Crippen LogP contribution in [-0.4, -0.2) is 17.8 Å². The monoisotopic (exact) mass is 358 g/mol. The van der Waals surface area contributed by atoms with Gasteiger partial charge in [-0.05, 0) is 36.5 Å². The van der Waals surface area contributed by atoms with Crippen LogP contribution >= 0.6 is 11.3 Å². The van der Waals surface area contributed by atoms with Crippen molar-refractivity contribution in [1.82, 2.24) is 5.32 Å². The van der Waals surface area contributed by atoms with Crippen LogP contribution < -0.4 is 22.1 Å². The molecule has 1 unspecified atom stereocenters. The summed E-state index contributed by atoms with van der Waals surface area (Å²) in [7, 11) is 0. The number of nitrogens with one attached hydrogen (secondary N) is 2. The zero-order valence-electron chi connectivity index (χ0n) is 13.4. The van der Waals surface area contributed by atoms with Crippen LogP contribution in [0, 0.1) is 0 Å². The van der Waals surface area contributed by atoms with Crippen molar-refractivity contribution in [2.45, 2.75) is 25.3 Å². The standard InChI is InChI=1S/C17H18N4O3S/c18-14(22)11-8-13(25-16(11)21-17(19)24)15(23)20-12-7-3-5-9-4-1-2-6-10(9)12/h1-2,4,6,8,12H,3,5,7H2,(H2,18,22)(H,20,23)(H3,19,21,24). The van der Waals surface area contributed by atoms with Crippen molar-refractivity contribution in [2.24, 2.45) is 11.5 Å². The van der Waals surface area contributed by atoms with E-state index in [1.165, 1.54) is 11.6 Å². The summed E-state index contributed by atoms with van der Waals surface area (Å²) in [4.78, 5) is 35.4. The average molecular weight is 358 g/mol. The second-order valence-electron chi connectivity index (χ2n) is 5.82. The van der Waals surface area contributed by atoms with Crippen LogP contribution in [0.15, 0.2) is 30.3 Å². The van der Waals surface area contributed by atoms with Gasteiger partial charge in [0, 0.05) is 0 Å². The van der Waals surface area contributed by atoms with Gasteiger partial charge in [0.25, 0.3) is 11.8 Å². The highest BCUT2D eigenvalue weighted by atomic mass is 32.1. The third-order valence-electron chi connectivity index (χ3n) is 4.13. The number of benzene rings is 1. The van der Waals surface area contributed by atoms with Gasteiger partial charge in [0.2, 0.25) is 0 Å². The molecule has 130 valence electrons. The molecule has 0 saturated heterocycles. The van der Waals surface area contributed by atoms with E-state index in [0.29, 0.717) is 4.88 Å². The van der Waals surface area contributed by atoms with Crippen LogP contribution in [0.2, 0.25) is 0 Å². The number of fused-ring (bicyclic) bond motifs is 1. The lowest BCUT2D eigenvalue weighted by Crippen LogP contribution is -2.30. The molecule has 1 atom stereocenters. The van der Waals surface area contributed by atoms with Crippen molar-refractivity contribution < 1.29 is 14.4 Å². The van der Waals surface area contributed by atoms with Crippen molar-refractivity contribution in [3.8, 4) is 0 Å². The molecule has 7 nitrogen and oxygen atoms in total. The van der Waals surface area contributed by atoms with Gasteiger partial charge in [0.1, 0.15) is 5.00 Å². The Bertz CT molecular complexity index is 846. The average Bonchev–Trinajstić information content (AvgIpc) is 2.98. The SMILES string of the molecule is NC(=O)Nc1sc(C(=O)NC2CCCc3ccccc32)cc1C(N)=O. The van der Waals surface area contributed by atoms with Crippen molar-refractivity contribution in [3.63, 3.8) is 0 Å². The predicted molar refractivity (Wildman–Crippen MR) is 95.6 cm³/mol. The minimum Gasteiger partial charge on any atom is -0.366 e. The van der Waals surface area contributed by atoms with E-state index in [0.717, 1.165) is 36.2 Å². The Labute approximate surface area is 148 Å². The first-order valence-electron chi connectivity index (χ1n) is 7.84. The molecule has 0 saturated carbocycles. The normalized spacial score (nSPS) is 15.9. The van der Waals surface area contributed by atoms with Crippen molar-refractivity contribution in [3.05, 3.63) is 51.9 Å². The molecule has 1 aromatic heterocycles. The van der Waals surface area contributed by atoms with Crippen molar-refractivity contribution in [2.75, 3.05) is 5.32 Å². The third-order valence-corrected chi connectivity index (χ3v) is 5.18. The lowest BCUT2D eigenvalue weighted by Gasteiger charge is -2.26. The van der Waals surface area contributed by atoms with Gasteiger partial charge >= 0.3 is 6.03 Å². The van der Waals surface area contributed by atoms with Gasteiger partial charge in [-0.25, -0.2) is 4.79 Å². The van der Waals surface area contributed by atoms with E-state index in [4.69, 9.17) is 11.5 Å². The van der Waals surface area contributed by atoms with Crippen LogP contribution in [0.1, 0.15) is 50.0 Å². The minimum atomic E-state index is -0.822. The highest BCUT2D eigenvalue weighted by Crippen LogP contribution is 2.32. The number of carbonyl (C=O) groups is 3. The topological polar surface area (TPSA) is 127 Å². The largest absolute Gasteiger partial charge is 0.366 e. The Hall–Kier alpha value is -2.87. The molecule has 0 bridgehead atoms. The first kappa shape index (κ1) is 17.0. The number of nitrogens with two attached hydrogens (primary N) is 2. The Balaban J connectivity index is 1.83. The minimum absolute atomic E-state index is 0.0676. The summed E-state index contributed by atoms with van der Waals surface area (Å²) >= 11 is 0.969. The van der Waals surface area contributed by atoms with Crippen molar-refractivity contribution in [1.29, 1.82) is 0 Å². The van der Waals surface area contributed by atoms with Crippen LogP contribution in [0.3, 0.4) is 0 Å². The fourth-order valence-electron chi connectivity index (χ4n) is 3.02. The van der Waals surface area contributed by atoms with E-state index in [1.54, 1.807) is 0 Å². The summed E-state index contributed by atoms with van der Waals surface area (Å²) in [6, 6.07) is 8.50. The predicted octanol–water partition coefficient (Wildman–Crippen LogP) is 2.15. The van der Waals surface area contributed by atoms with Crippen LogP contribution in [0.25, 0.3) is 0 Å². The Morgan fingerprint density at radius 3 is 2.64 bits per heavy atom. The number of hydrogen-bond acceptors (Lipinski definition) is 4. The molecule has 25 heavy (non-hydrogen) atoms. The molecule has 3 rings (SSSR count). The number of thiophene rings is 1. The summed E-state index contributed by atoms with van der Waals surface area (Å²) in [6.07, 6.45) is 2.84. The summed E-state index contributed by atoms with van der Waals surface area (Å²) in [5.41, 5.74) is 12.8. The van der Waals surface area contributed by atoms with Gasteiger partial charge in [-0.2, -0.15) is 0 Å². The van der Waals surface area contributed by atoms with Gasteiger partial charge in [0.15, 0.2) is 0 Å². The first-order valence-corrected chi connectivity index (χ1v) is 8.66. The van der Waals surface area contributed by atoms with Crippen LogP contribution in [0.4, 0.5) is 9.80 Å². The summed E-state index contributed by atoms with van der Waals surface area (Å²) < 4.78 is 0. The van der Waals surface area contributed by atoms with E-state index >= 15 is 0 Å². The first-order chi connectivity index (χ1) is 12.0. The summed E-state index contributed by atoms with van der Waals surface area (Å²) in [5, 5.41) is 5.50. The Morgan fingerprint density at radius 2 is 1.92 bits per heavy atom. The maximum Gasteiger partial charge on any atom is 0.317 e. The second-order valence-corrected chi connectivity index (χ2v) is 6.88. The second kappa shape index (κ2) is 6.94. The van der Waals surface area contributed by atoms with Crippen LogP contribution in [0.5, 0.6) is 0 Å². The molecule has 6 N–H and O–H groups in total. The number of carbonyl (C=O) groups excluding carboxylic acids is 3. The Kier molecular flexibility index (Phi) is 4.71. The van der Waals surface area contributed by atoms with Crippen LogP contribution in [-0.2, 0) is 6.42 Å². The van der Waals surface area contributed by atoms with Gasteiger partial charge in [-0.15, -0.1) is 11.3 Å². The molecule has 8 heteroatoms. The van der Waals surface area contributed by atoms with Gasteiger partial charge in [-0.1, -0.05) is 24.3 Å². The molecule has 0 aliphatic heterocycles. The highest BCUT2D eigenvalue weighted by Gasteiger charge is 2.24. The zero-order chi connectivity index (χ0) is 18.0. The van der Waals surface area contributed by atoms with Crippen molar-refractivity contribution >= 4 is 34.2 Å². The number of primary amides is 2. The van der Waals surface area contributed by atoms with E-state index in [-0.39, 0.29) is 22.5 Å². The van der Waals surface area contributed by atoms with Gasteiger partial charge < -0.3 is 16.8 Å². The molecule has 0 spiro atoms. The Morgan fingerprint density at radius 1 is 1.16 bits per heavy atom. The van der Waals surface area contributed by atoms with Gasteiger partial charge in [-0.3, -0.25) is 14.9 Å². The molecular formula is C17H18N4O3S. The number of urea groups is 1. The number of aryl methyl sites for hydroxylation is 1. The number of rotatable bonds is 4. The quantitative estimate of drug-likeness (QED) is 0.668.